The van der Waals surface area contributed by atoms with Crippen molar-refractivity contribution in [3.63, 3.8) is 0 Å². The Kier molecular flexibility index (Phi) is 4.94. The van der Waals surface area contributed by atoms with Crippen LogP contribution in [0.2, 0.25) is 0 Å². The Bertz CT molecular complexity index is 738. The Morgan fingerprint density at radius 2 is 1.85 bits per heavy atom. The highest BCUT2D eigenvalue weighted by Crippen LogP contribution is 2.29. The number of ketones is 1. The first kappa shape index (κ1) is 18.3. The van der Waals surface area contributed by atoms with Gasteiger partial charge in [0.1, 0.15) is 5.54 Å². The number of carbonyl (C=O) groups is 3. The quantitative estimate of drug-likeness (QED) is 0.638. The molecule has 2 aliphatic rings. The third-order valence-corrected chi connectivity index (χ3v) is 5.69. The van der Waals surface area contributed by atoms with Crippen LogP contribution >= 0.6 is 0 Å². The maximum atomic E-state index is 12.8. The molecule has 138 valence electrons. The lowest BCUT2D eigenvalue weighted by molar-refractivity contribution is -0.134. The lowest BCUT2D eigenvalue weighted by Crippen LogP contribution is -2.55. The lowest BCUT2D eigenvalue weighted by atomic mass is 9.83. The number of hydrogen-bond donors (Lipinski definition) is 2. The Morgan fingerprint density at radius 3 is 2.38 bits per heavy atom. The van der Waals surface area contributed by atoms with Gasteiger partial charge in [-0.1, -0.05) is 30.3 Å². The zero-order valence-corrected chi connectivity index (χ0v) is 15.2. The number of nitrogens with one attached hydrogen (secondary N) is 2. The van der Waals surface area contributed by atoms with Crippen LogP contribution in [-0.4, -0.2) is 46.8 Å². The monoisotopic (exact) mass is 355 g/mol. The van der Waals surface area contributed by atoms with Gasteiger partial charge in [0.2, 0.25) is 11.8 Å². The summed E-state index contributed by atoms with van der Waals surface area (Å²) < 4.78 is 0. The minimum atomic E-state index is -1.35. The minimum Gasteiger partial charge on any atom is -0.342 e. The van der Waals surface area contributed by atoms with E-state index < -0.39 is 11.5 Å². The molecule has 0 spiro atoms. The molecule has 2 heterocycles. The molecule has 0 bridgehead atoms. The van der Waals surface area contributed by atoms with E-state index in [2.05, 4.69) is 17.4 Å². The lowest BCUT2D eigenvalue weighted by Gasteiger charge is -2.35. The molecule has 1 aromatic carbocycles. The molecule has 2 N–H and O–H groups in total. The van der Waals surface area contributed by atoms with Gasteiger partial charge in [-0.05, 0) is 38.2 Å². The van der Waals surface area contributed by atoms with Gasteiger partial charge >= 0.3 is 0 Å². The largest absolute Gasteiger partial charge is 0.342 e. The van der Waals surface area contributed by atoms with Gasteiger partial charge in [-0.25, -0.2) is 0 Å². The number of nitrogens with zero attached hydrogens (tertiary/aromatic N) is 1. The number of carbonyl (C=O) groups excluding carboxylic acids is 3. The summed E-state index contributed by atoms with van der Waals surface area (Å²) in [4.78, 5) is 38.2. The Balaban J connectivity index is 1.62. The SMILES string of the molecule is C[C@@H](C(=N)[C@@]1(C)NC(=O)CC1=O)C(=O)N1CCC(c2ccccc2)CC1. The molecule has 0 aromatic heterocycles. The number of Topliss-reactive ketones (excluding diaryl/α,β-unsaturated/α-hetero) is 1. The molecule has 2 atom stereocenters. The summed E-state index contributed by atoms with van der Waals surface area (Å²) in [6, 6.07) is 10.3. The normalized spacial score (nSPS) is 25.1. The zero-order chi connectivity index (χ0) is 18.9. The van der Waals surface area contributed by atoms with Crippen LogP contribution in [0.15, 0.2) is 30.3 Å². The average molecular weight is 355 g/mol. The summed E-state index contributed by atoms with van der Waals surface area (Å²) in [6.45, 7) is 4.46. The van der Waals surface area contributed by atoms with Gasteiger partial charge in [-0.2, -0.15) is 0 Å². The summed E-state index contributed by atoms with van der Waals surface area (Å²) in [6.07, 6.45) is 1.56. The second kappa shape index (κ2) is 7.02. The topological polar surface area (TPSA) is 90.3 Å². The predicted octanol–water partition coefficient (Wildman–Crippen LogP) is 1.90. The standard InChI is InChI=1S/C20H25N3O3/c1-13(18(21)20(2)16(24)12-17(25)22-20)19(26)23-10-8-15(9-11-23)14-6-4-3-5-7-14/h3-7,13,15,21H,8-12H2,1-2H3,(H,22,25)/t13-,20-/m0/s1. The van der Waals surface area contributed by atoms with Gasteiger partial charge in [0, 0.05) is 13.1 Å². The molecule has 2 fully saturated rings. The predicted molar refractivity (Wildman–Crippen MR) is 98.1 cm³/mol. The number of likely N-dealkylation sites (tertiary alicyclic amines) is 1. The van der Waals surface area contributed by atoms with Crippen molar-refractivity contribution in [1.29, 1.82) is 5.41 Å². The fraction of sp³-hybridized carbons (Fsp3) is 0.500. The number of amides is 2. The van der Waals surface area contributed by atoms with Crippen LogP contribution in [0.4, 0.5) is 0 Å². The van der Waals surface area contributed by atoms with Crippen LogP contribution < -0.4 is 5.32 Å². The van der Waals surface area contributed by atoms with Gasteiger partial charge in [0.25, 0.3) is 0 Å². The third-order valence-electron chi connectivity index (χ3n) is 5.69. The maximum Gasteiger partial charge on any atom is 0.231 e. The molecule has 1 aromatic rings. The molecular weight excluding hydrogens is 330 g/mol. The number of piperidine rings is 1. The van der Waals surface area contributed by atoms with Crippen molar-refractivity contribution >= 4 is 23.3 Å². The number of hydrogen-bond acceptors (Lipinski definition) is 4. The van der Waals surface area contributed by atoms with Gasteiger partial charge in [-0.15, -0.1) is 0 Å². The van der Waals surface area contributed by atoms with E-state index in [1.54, 1.807) is 11.8 Å². The average Bonchev–Trinajstić information content (AvgIpc) is 2.93. The van der Waals surface area contributed by atoms with E-state index in [0.717, 1.165) is 12.8 Å². The molecule has 3 rings (SSSR count). The molecule has 2 amide bonds. The smallest absolute Gasteiger partial charge is 0.231 e. The van der Waals surface area contributed by atoms with Gasteiger partial charge in [0.15, 0.2) is 5.78 Å². The number of rotatable bonds is 4. The summed E-state index contributed by atoms with van der Waals surface area (Å²) in [5, 5.41) is 10.9. The first-order valence-electron chi connectivity index (χ1n) is 9.10. The first-order chi connectivity index (χ1) is 12.3. The summed E-state index contributed by atoms with van der Waals surface area (Å²) >= 11 is 0. The highest BCUT2D eigenvalue weighted by Gasteiger charge is 2.48. The van der Waals surface area contributed by atoms with Gasteiger partial charge in [-0.3, -0.25) is 14.4 Å². The van der Waals surface area contributed by atoms with Crippen molar-refractivity contribution in [3.05, 3.63) is 35.9 Å². The molecule has 6 heteroatoms. The van der Waals surface area contributed by atoms with E-state index in [0.29, 0.717) is 19.0 Å². The highest BCUT2D eigenvalue weighted by atomic mass is 16.2. The van der Waals surface area contributed by atoms with Crippen LogP contribution in [-0.2, 0) is 14.4 Å². The molecule has 0 saturated carbocycles. The zero-order valence-electron chi connectivity index (χ0n) is 15.2. The second-order valence-corrected chi connectivity index (χ2v) is 7.42. The van der Waals surface area contributed by atoms with Crippen molar-refractivity contribution in [1.82, 2.24) is 10.2 Å². The van der Waals surface area contributed by atoms with Crippen LogP contribution in [0.1, 0.15) is 44.6 Å². The van der Waals surface area contributed by atoms with Gasteiger partial charge in [0.05, 0.1) is 18.1 Å². The molecule has 0 unspecified atom stereocenters. The maximum absolute atomic E-state index is 12.8. The molecule has 2 aliphatic heterocycles. The fourth-order valence-electron chi connectivity index (χ4n) is 3.92. The van der Waals surface area contributed by atoms with Crippen molar-refractivity contribution in [2.24, 2.45) is 5.92 Å². The first-order valence-corrected chi connectivity index (χ1v) is 9.10. The molecule has 6 nitrogen and oxygen atoms in total. The second-order valence-electron chi connectivity index (χ2n) is 7.42. The van der Waals surface area contributed by atoms with Crippen LogP contribution in [0.25, 0.3) is 0 Å². The van der Waals surface area contributed by atoms with E-state index in [-0.39, 0.29) is 29.7 Å². The van der Waals surface area contributed by atoms with E-state index in [1.807, 2.05) is 18.2 Å². The molecule has 0 radical (unpaired) electrons. The minimum absolute atomic E-state index is 0.0245. The van der Waals surface area contributed by atoms with Crippen molar-refractivity contribution in [2.75, 3.05) is 13.1 Å². The van der Waals surface area contributed by atoms with E-state index in [4.69, 9.17) is 5.41 Å². The Labute approximate surface area is 153 Å². The third kappa shape index (κ3) is 3.28. The van der Waals surface area contributed by atoms with Crippen molar-refractivity contribution < 1.29 is 14.4 Å². The summed E-state index contributed by atoms with van der Waals surface area (Å²) in [7, 11) is 0. The molecule has 26 heavy (non-hydrogen) atoms. The fourth-order valence-corrected chi connectivity index (χ4v) is 3.92. The van der Waals surface area contributed by atoms with E-state index >= 15 is 0 Å². The Hall–Kier alpha value is -2.50. The van der Waals surface area contributed by atoms with Gasteiger partial charge < -0.3 is 15.6 Å². The highest BCUT2D eigenvalue weighted by molar-refractivity contribution is 6.26. The Morgan fingerprint density at radius 1 is 1.23 bits per heavy atom. The van der Waals surface area contributed by atoms with Crippen molar-refractivity contribution in [2.45, 2.75) is 44.6 Å². The van der Waals surface area contributed by atoms with E-state index in [1.165, 1.54) is 12.5 Å². The van der Waals surface area contributed by atoms with Crippen LogP contribution in [0.3, 0.4) is 0 Å². The molecular formula is C20H25N3O3. The van der Waals surface area contributed by atoms with E-state index in [9.17, 15) is 14.4 Å². The van der Waals surface area contributed by atoms with Crippen molar-refractivity contribution in [3.8, 4) is 0 Å². The van der Waals surface area contributed by atoms with Crippen LogP contribution in [0.5, 0.6) is 0 Å². The number of benzene rings is 1. The summed E-state index contributed by atoms with van der Waals surface area (Å²) in [5.74, 6) is -1.14. The van der Waals surface area contributed by atoms with Crippen LogP contribution in [0, 0.1) is 11.3 Å². The molecule has 0 aliphatic carbocycles. The molecule has 2 saturated heterocycles. The summed E-state index contributed by atoms with van der Waals surface area (Å²) in [5.41, 5.74) is -0.0789.